The monoisotopic (exact) mass is 337 g/mol. The third kappa shape index (κ3) is 4.28. The van der Waals surface area contributed by atoms with Gasteiger partial charge in [0.25, 0.3) is 5.91 Å². The summed E-state index contributed by atoms with van der Waals surface area (Å²) in [6, 6.07) is 9.91. The highest BCUT2D eigenvalue weighted by molar-refractivity contribution is 6.06. The first-order valence-electron chi connectivity index (χ1n) is 7.54. The Morgan fingerprint density at radius 2 is 1.88 bits per heavy atom. The molecular weight excluding hydrogens is 319 g/mol. The number of aryl methyl sites for hydroxylation is 1. The predicted octanol–water partition coefficient (Wildman–Crippen LogP) is 5.05. The third-order valence-electron chi connectivity index (χ3n) is 3.41. The highest BCUT2D eigenvalue weighted by atomic mass is 19.4. The minimum atomic E-state index is -4.49. The number of alkyl halides is 3. The second-order valence-corrected chi connectivity index (χ2v) is 5.33. The van der Waals surface area contributed by atoms with E-state index in [9.17, 15) is 18.0 Å². The molecule has 0 aliphatic rings. The van der Waals surface area contributed by atoms with Crippen molar-refractivity contribution in [3.63, 3.8) is 0 Å². The first-order chi connectivity index (χ1) is 11.3. The van der Waals surface area contributed by atoms with Crippen LogP contribution in [-0.2, 0) is 6.18 Å². The van der Waals surface area contributed by atoms with Crippen molar-refractivity contribution in [1.29, 1.82) is 0 Å². The Morgan fingerprint density at radius 3 is 2.50 bits per heavy atom. The van der Waals surface area contributed by atoms with Crippen molar-refractivity contribution in [2.75, 3.05) is 11.9 Å². The summed E-state index contributed by atoms with van der Waals surface area (Å²) in [7, 11) is 0. The van der Waals surface area contributed by atoms with Crippen LogP contribution < -0.4 is 10.1 Å². The number of ether oxygens (including phenoxy) is 1. The smallest absolute Gasteiger partial charge is 0.416 e. The molecule has 0 saturated carbocycles. The zero-order valence-electron chi connectivity index (χ0n) is 13.4. The molecule has 2 aromatic rings. The van der Waals surface area contributed by atoms with E-state index in [1.165, 1.54) is 6.07 Å². The number of carbonyl (C=O) groups excluding carboxylic acids is 1. The van der Waals surface area contributed by atoms with Gasteiger partial charge in [-0.05, 0) is 43.2 Å². The molecular formula is C18H18F3NO2. The van der Waals surface area contributed by atoms with Crippen LogP contribution in [0.1, 0.15) is 34.8 Å². The number of halogens is 3. The molecule has 0 fully saturated rings. The van der Waals surface area contributed by atoms with Gasteiger partial charge in [0, 0.05) is 5.56 Å². The van der Waals surface area contributed by atoms with Crippen molar-refractivity contribution >= 4 is 11.6 Å². The second-order valence-electron chi connectivity index (χ2n) is 5.33. The molecule has 128 valence electrons. The minimum Gasteiger partial charge on any atom is -0.491 e. The molecule has 2 aromatic carbocycles. The van der Waals surface area contributed by atoms with Gasteiger partial charge in [-0.2, -0.15) is 13.2 Å². The van der Waals surface area contributed by atoms with Crippen molar-refractivity contribution in [3.8, 4) is 5.75 Å². The highest BCUT2D eigenvalue weighted by Gasteiger charge is 2.31. The van der Waals surface area contributed by atoms with E-state index in [0.717, 1.165) is 17.7 Å². The summed E-state index contributed by atoms with van der Waals surface area (Å²) in [6.45, 7) is 3.99. The Morgan fingerprint density at radius 1 is 1.17 bits per heavy atom. The molecule has 0 aromatic heterocycles. The van der Waals surface area contributed by atoms with E-state index < -0.39 is 17.6 Å². The van der Waals surface area contributed by atoms with Crippen molar-refractivity contribution in [3.05, 3.63) is 59.2 Å². The van der Waals surface area contributed by atoms with Crippen LogP contribution >= 0.6 is 0 Å². The lowest BCUT2D eigenvalue weighted by molar-refractivity contribution is -0.137. The van der Waals surface area contributed by atoms with Crippen LogP contribution in [-0.4, -0.2) is 12.5 Å². The Hall–Kier alpha value is -2.50. The fourth-order valence-corrected chi connectivity index (χ4v) is 2.16. The standard InChI is InChI=1S/C18H18F3NO2/c1-3-10-24-16-9-8-13(18(19,20)21)11-15(16)22-17(23)14-7-5-4-6-12(14)2/h4-9,11H,3,10H2,1-2H3,(H,22,23). The van der Waals surface area contributed by atoms with E-state index in [2.05, 4.69) is 5.32 Å². The van der Waals surface area contributed by atoms with Crippen molar-refractivity contribution in [2.24, 2.45) is 0 Å². The van der Waals surface area contributed by atoms with Gasteiger partial charge in [0.2, 0.25) is 0 Å². The Bertz CT molecular complexity index is 726. The number of hydrogen-bond donors (Lipinski definition) is 1. The van der Waals surface area contributed by atoms with Gasteiger partial charge >= 0.3 is 6.18 Å². The molecule has 0 radical (unpaired) electrons. The third-order valence-corrected chi connectivity index (χ3v) is 3.41. The average Bonchev–Trinajstić information content (AvgIpc) is 2.53. The van der Waals surface area contributed by atoms with Crippen LogP contribution in [0.3, 0.4) is 0 Å². The number of benzene rings is 2. The number of anilines is 1. The fourth-order valence-electron chi connectivity index (χ4n) is 2.16. The molecule has 0 atom stereocenters. The maximum Gasteiger partial charge on any atom is 0.416 e. The molecule has 0 heterocycles. The van der Waals surface area contributed by atoms with E-state index >= 15 is 0 Å². The van der Waals surface area contributed by atoms with E-state index in [1.807, 2.05) is 6.92 Å². The average molecular weight is 337 g/mol. The molecule has 1 amide bonds. The number of carbonyl (C=O) groups is 1. The Balaban J connectivity index is 2.35. The normalized spacial score (nSPS) is 11.2. The molecule has 0 aliphatic carbocycles. The maximum atomic E-state index is 12.9. The van der Waals surface area contributed by atoms with E-state index in [4.69, 9.17) is 4.74 Å². The fraction of sp³-hybridized carbons (Fsp3) is 0.278. The van der Waals surface area contributed by atoms with Crippen molar-refractivity contribution in [2.45, 2.75) is 26.4 Å². The van der Waals surface area contributed by atoms with Gasteiger partial charge in [-0.15, -0.1) is 0 Å². The van der Waals surface area contributed by atoms with Crippen LogP contribution in [0.4, 0.5) is 18.9 Å². The molecule has 1 N–H and O–H groups in total. The molecule has 0 aliphatic heterocycles. The number of hydrogen-bond acceptors (Lipinski definition) is 2. The zero-order valence-corrected chi connectivity index (χ0v) is 13.4. The van der Waals surface area contributed by atoms with Crippen LogP contribution in [0, 0.1) is 6.92 Å². The van der Waals surface area contributed by atoms with Gasteiger partial charge in [0.1, 0.15) is 5.75 Å². The summed E-state index contributed by atoms with van der Waals surface area (Å²) in [4.78, 5) is 12.4. The van der Waals surface area contributed by atoms with E-state index in [1.54, 1.807) is 31.2 Å². The molecule has 2 rings (SSSR count). The van der Waals surface area contributed by atoms with Crippen molar-refractivity contribution < 1.29 is 22.7 Å². The van der Waals surface area contributed by atoms with Gasteiger partial charge in [-0.25, -0.2) is 0 Å². The largest absolute Gasteiger partial charge is 0.491 e. The van der Waals surface area contributed by atoms with Crippen LogP contribution in [0.5, 0.6) is 5.75 Å². The quantitative estimate of drug-likeness (QED) is 0.828. The molecule has 3 nitrogen and oxygen atoms in total. The lowest BCUT2D eigenvalue weighted by atomic mass is 10.1. The van der Waals surface area contributed by atoms with Crippen LogP contribution in [0.25, 0.3) is 0 Å². The zero-order chi connectivity index (χ0) is 17.7. The van der Waals surface area contributed by atoms with Gasteiger partial charge in [0.15, 0.2) is 0 Å². The lowest BCUT2D eigenvalue weighted by Gasteiger charge is -2.15. The molecule has 0 bridgehead atoms. The first kappa shape index (κ1) is 17.8. The summed E-state index contributed by atoms with van der Waals surface area (Å²) < 4.78 is 44.2. The van der Waals surface area contributed by atoms with E-state index in [0.29, 0.717) is 18.6 Å². The lowest BCUT2D eigenvalue weighted by Crippen LogP contribution is -2.15. The van der Waals surface area contributed by atoms with Crippen LogP contribution in [0.2, 0.25) is 0 Å². The maximum absolute atomic E-state index is 12.9. The summed E-state index contributed by atoms with van der Waals surface area (Å²) in [5.74, 6) is -0.263. The van der Waals surface area contributed by atoms with Gasteiger partial charge in [-0.1, -0.05) is 25.1 Å². The highest BCUT2D eigenvalue weighted by Crippen LogP contribution is 2.35. The first-order valence-corrected chi connectivity index (χ1v) is 7.54. The van der Waals surface area contributed by atoms with Gasteiger partial charge in [-0.3, -0.25) is 4.79 Å². The second kappa shape index (κ2) is 7.38. The number of rotatable bonds is 5. The number of amides is 1. The van der Waals surface area contributed by atoms with Crippen molar-refractivity contribution in [1.82, 2.24) is 0 Å². The molecule has 24 heavy (non-hydrogen) atoms. The summed E-state index contributed by atoms with van der Waals surface area (Å²) in [6.07, 6.45) is -3.79. The molecule has 0 spiro atoms. The summed E-state index contributed by atoms with van der Waals surface area (Å²) >= 11 is 0. The molecule has 0 unspecified atom stereocenters. The Labute approximate surface area is 138 Å². The number of nitrogens with one attached hydrogen (secondary N) is 1. The summed E-state index contributed by atoms with van der Waals surface area (Å²) in [5.41, 5.74) is 0.298. The SMILES string of the molecule is CCCOc1ccc(C(F)(F)F)cc1NC(=O)c1ccccc1C. The predicted molar refractivity (Wildman–Crippen MR) is 86.4 cm³/mol. The Kier molecular flexibility index (Phi) is 5.49. The topological polar surface area (TPSA) is 38.3 Å². The molecule has 0 saturated heterocycles. The summed E-state index contributed by atoms with van der Waals surface area (Å²) in [5, 5.41) is 2.53. The van der Waals surface area contributed by atoms with Crippen LogP contribution in [0.15, 0.2) is 42.5 Å². The van der Waals surface area contributed by atoms with E-state index in [-0.39, 0.29) is 11.4 Å². The van der Waals surface area contributed by atoms with Gasteiger partial charge < -0.3 is 10.1 Å². The minimum absolute atomic E-state index is 0.00604. The van der Waals surface area contributed by atoms with Gasteiger partial charge in [0.05, 0.1) is 17.9 Å². The molecule has 6 heteroatoms.